The first-order chi connectivity index (χ1) is 8.81. The molecule has 1 aromatic rings. The molecule has 0 aliphatic heterocycles. The molecule has 0 aliphatic carbocycles. The van der Waals surface area contributed by atoms with Crippen molar-refractivity contribution in [2.45, 2.75) is 26.8 Å². The zero-order valence-electron chi connectivity index (χ0n) is 11.4. The normalized spacial score (nSPS) is 13.0. The number of aliphatic carboxylic acids is 1. The van der Waals surface area contributed by atoms with Gasteiger partial charge in [-0.05, 0) is 18.9 Å². The van der Waals surface area contributed by atoms with Gasteiger partial charge >= 0.3 is 5.97 Å². The SMILES string of the molecule is CC(C)CN(CC(=O)O)C(C)c1ccc(F)cc1F. The molecule has 0 fully saturated rings. The molecule has 1 atom stereocenters. The molecule has 5 heteroatoms. The molecule has 0 heterocycles. The minimum absolute atomic E-state index is 0.170. The molecule has 0 bridgehead atoms. The molecule has 1 unspecified atom stereocenters. The molecule has 0 saturated carbocycles. The molecule has 1 N–H and O–H groups in total. The molecule has 0 saturated heterocycles. The van der Waals surface area contributed by atoms with E-state index in [0.717, 1.165) is 6.07 Å². The molecule has 0 aromatic heterocycles. The van der Waals surface area contributed by atoms with Gasteiger partial charge in [-0.1, -0.05) is 19.9 Å². The lowest BCUT2D eigenvalue weighted by molar-refractivity contribution is -0.139. The van der Waals surface area contributed by atoms with Crippen LogP contribution in [0.2, 0.25) is 0 Å². The van der Waals surface area contributed by atoms with Crippen molar-refractivity contribution in [3.63, 3.8) is 0 Å². The predicted molar refractivity (Wildman–Crippen MR) is 68.8 cm³/mol. The summed E-state index contributed by atoms with van der Waals surface area (Å²) in [5.41, 5.74) is 0.309. The number of hydrogen-bond donors (Lipinski definition) is 1. The fraction of sp³-hybridized carbons (Fsp3) is 0.500. The summed E-state index contributed by atoms with van der Waals surface area (Å²) in [6.07, 6.45) is 0. The van der Waals surface area contributed by atoms with Gasteiger partial charge in [-0.2, -0.15) is 0 Å². The van der Waals surface area contributed by atoms with Crippen LogP contribution < -0.4 is 0 Å². The number of carboxylic acids is 1. The summed E-state index contributed by atoms with van der Waals surface area (Å²) in [4.78, 5) is 12.5. The van der Waals surface area contributed by atoms with Gasteiger partial charge in [0.15, 0.2) is 0 Å². The van der Waals surface area contributed by atoms with E-state index in [0.29, 0.717) is 12.1 Å². The number of rotatable bonds is 6. The fourth-order valence-electron chi connectivity index (χ4n) is 2.04. The van der Waals surface area contributed by atoms with E-state index >= 15 is 0 Å². The first kappa shape index (κ1) is 15.6. The number of halogens is 2. The summed E-state index contributed by atoms with van der Waals surface area (Å²) in [6, 6.07) is 2.95. The van der Waals surface area contributed by atoms with Crippen LogP contribution in [0.15, 0.2) is 18.2 Å². The Kier molecular flexibility index (Phi) is 5.42. The van der Waals surface area contributed by atoms with Crippen molar-refractivity contribution in [2.75, 3.05) is 13.1 Å². The molecule has 0 aliphatic rings. The van der Waals surface area contributed by atoms with Crippen LogP contribution in [0.3, 0.4) is 0 Å². The first-order valence-corrected chi connectivity index (χ1v) is 6.22. The third-order valence-corrected chi connectivity index (χ3v) is 2.90. The van der Waals surface area contributed by atoms with Crippen LogP contribution in [0.4, 0.5) is 8.78 Å². The monoisotopic (exact) mass is 271 g/mol. The van der Waals surface area contributed by atoms with Crippen LogP contribution in [-0.4, -0.2) is 29.1 Å². The van der Waals surface area contributed by atoms with Gasteiger partial charge in [-0.3, -0.25) is 9.69 Å². The summed E-state index contributed by atoms with van der Waals surface area (Å²) < 4.78 is 26.6. The smallest absolute Gasteiger partial charge is 0.317 e. The molecule has 106 valence electrons. The second-order valence-electron chi connectivity index (χ2n) is 5.06. The molecule has 0 radical (unpaired) electrons. The van der Waals surface area contributed by atoms with E-state index in [9.17, 15) is 13.6 Å². The van der Waals surface area contributed by atoms with Gasteiger partial charge in [-0.15, -0.1) is 0 Å². The van der Waals surface area contributed by atoms with Crippen molar-refractivity contribution < 1.29 is 18.7 Å². The molecular weight excluding hydrogens is 252 g/mol. The topological polar surface area (TPSA) is 40.5 Å². The van der Waals surface area contributed by atoms with Gasteiger partial charge in [0.25, 0.3) is 0 Å². The lowest BCUT2D eigenvalue weighted by atomic mass is 10.0. The number of nitrogens with zero attached hydrogens (tertiary/aromatic N) is 1. The summed E-state index contributed by atoms with van der Waals surface area (Å²) >= 11 is 0. The lowest BCUT2D eigenvalue weighted by Crippen LogP contribution is -2.35. The second-order valence-corrected chi connectivity index (χ2v) is 5.06. The number of carbonyl (C=O) groups is 1. The maximum Gasteiger partial charge on any atom is 0.317 e. The molecular formula is C14H19F2NO2. The number of benzene rings is 1. The van der Waals surface area contributed by atoms with Gasteiger partial charge in [0.1, 0.15) is 11.6 Å². The maximum atomic E-state index is 13.7. The largest absolute Gasteiger partial charge is 0.480 e. The van der Waals surface area contributed by atoms with Crippen LogP contribution in [0.25, 0.3) is 0 Å². The average molecular weight is 271 g/mol. The highest BCUT2D eigenvalue weighted by Gasteiger charge is 2.22. The maximum absolute atomic E-state index is 13.7. The van der Waals surface area contributed by atoms with Crippen LogP contribution in [0.5, 0.6) is 0 Å². The summed E-state index contributed by atoms with van der Waals surface area (Å²) in [7, 11) is 0. The molecule has 1 aromatic carbocycles. The van der Waals surface area contributed by atoms with Gasteiger partial charge in [0, 0.05) is 24.2 Å². The van der Waals surface area contributed by atoms with Crippen LogP contribution >= 0.6 is 0 Å². The highest BCUT2D eigenvalue weighted by molar-refractivity contribution is 5.69. The Morgan fingerprint density at radius 1 is 1.32 bits per heavy atom. The van der Waals surface area contributed by atoms with E-state index in [1.165, 1.54) is 12.1 Å². The zero-order valence-corrected chi connectivity index (χ0v) is 11.4. The van der Waals surface area contributed by atoms with E-state index in [1.807, 2.05) is 13.8 Å². The average Bonchev–Trinajstić information content (AvgIpc) is 2.26. The number of carboxylic acid groups (broad SMARTS) is 1. The third kappa shape index (κ3) is 4.59. The Bertz CT molecular complexity index is 449. The van der Waals surface area contributed by atoms with Gasteiger partial charge in [0.05, 0.1) is 6.54 Å². The van der Waals surface area contributed by atoms with E-state index in [2.05, 4.69) is 0 Å². The van der Waals surface area contributed by atoms with Crippen LogP contribution in [-0.2, 0) is 4.79 Å². The Hall–Kier alpha value is -1.49. The Morgan fingerprint density at radius 3 is 2.42 bits per heavy atom. The lowest BCUT2D eigenvalue weighted by Gasteiger charge is -2.29. The van der Waals surface area contributed by atoms with Crippen molar-refractivity contribution in [1.82, 2.24) is 4.90 Å². The van der Waals surface area contributed by atoms with Crippen molar-refractivity contribution in [2.24, 2.45) is 5.92 Å². The summed E-state index contributed by atoms with van der Waals surface area (Å²) in [5.74, 6) is -1.99. The van der Waals surface area contributed by atoms with Crippen molar-refractivity contribution in [3.05, 3.63) is 35.4 Å². The number of hydrogen-bond acceptors (Lipinski definition) is 2. The van der Waals surface area contributed by atoms with E-state index < -0.39 is 23.6 Å². The van der Waals surface area contributed by atoms with E-state index in [4.69, 9.17) is 5.11 Å². The Labute approximate surface area is 111 Å². The predicted octanol–water partition coefficient (Wildman–Crippen LogP) is 3.07. The first-order valence-electron chi connectivity index (χ1n) is 6.22. The molecule has 3 nitrogen and oxygen atoms in total. The summed E-state index contributed by atoms with van der Waals surface area (Å²) in [5, 5.41) is 8.91. The third-order valence-electron chi connectivity index (χ3n) is 2.90. The van der Waals surface area contributed by atoms with Crippen LogP contribution in [0.1, 0.15) is 32.4 Å². The quantitative estimate of drug-likeness (QED) is 0.864. The molecule has 0 spiro atoms. The van der Waals surface area contributed by atoms with Crippen molar-refractivity contribution in [1.29, 1.82) is 0 Å². The van der Waals surface area contributed by atoms with Gasteiger partial charge in [-0.25, -0.2) is 8.78 Å². The highest BCUT2D eigenvalue weighted by atomic mass is 19.1. The van der Waals surface area contributed by atoms with Crippen LogP contribution in [0, 0.1) is 17.6 Å². The van der Waals surface area contributed by atoms with Crippen molar-refractivity contribution >= 4 is 5.97 Å². The summed E-state index contributed by atoms with van der Waals surface area (Å²) in [6.45, 7) is 6.01. The molecule has 1 rings (SSSR count). The van der Waals surface area contributed by atoms with Gasteiger partial charge < -0.3 is 5.11 Å². The Balaban J connectivity index is 2.96. The minimum Gasteiger partial charge on any atom is -0.480 e. The fourth-order valence-corrected chi connectivity index (χ4v) is 2.04. The van der Waals surface area contributed by atoms with E-state index in [1.54, 1.807) is 11.8 Å². The highest BCUT2D eigenvalue weighted by Crippen LogP contribution is 2.24. The van der Waals surface area contributed by atoms with Gasteiger partial charge in [0.2, 0.25) is 0 Å². The minimum atomic E-state index is -0.963. The second kappa shape index (κ2) is 6.61. The van der Waals surface area contributed by atoms with Crippen molar-refractivity contribution in [3.8, 4) is 0 Å². The Morgan fingerprint density at radius 2 is 1.95 bits per heavy atom. The van der Waals surface area contributed by atoms with E-state index in [-0.39, 0.29) is 12.5 Å². The molecule has 19 heavy (non-hydrogen) atoms. The molecule has 0 amide bonds. The zero-order chi connectivity index (χ0) is 14.6. The standard InChI is InChI=1S/C14H19F2NO2/c1-9(2)7-17(8-14(18)19)10(3)12-5-4-11(15)6-13(12)16/h4-6,9-10H,7-8H2,1-3H3,(H,18,19).